The lowest BCUT2D eigenvalue weighted by Gasteiger charge is -2.06. The second-order valence-electron chi connectivity index (χ2n) is 5.06. The average molecular weight is 412 g/mol. The minimum absolute atomic E-state index is 0. The number of hydrogen-bond donors (Lipinski definition) is 3. The van der Waals surface area contributed by atoms with Crippen LogP contribution in [0.3, 0.4) is 0 Å². The predicted octanol–water partition coefficient (Wildman–Crippen LogP) is 2.79. The molecule has 0 rings (SSSR count). The zero-order valence-corrected chi connectivity index (χ0v) is 15.9. The van der Waals surface area contributed by atoms with Gasteiger partial charge in [0.25, 0.3) is 0 Å². The van der Waals surface area contributed by atoms with Crippen LogP contribution in [0.4, 0.5) is 0 Å². The third kappa shape index (κ3) is 17.4. The van der Waals surface area contributed by atoms with Crippen molar-refractivity contribution in [3.63, 3.8) is 0 Å². The fourth-order valence-corrected chi connectivity index (χ4v) is 1.80. The maximum atomic E-state index is 11.3. The minimum Gasteiger partial charge on any atom is -0.370 e. The zero-order valence-electron chi connectivity index (χ0n) is 13.6. The fraction of sp³-hybridized carbons (Fsp3) is 0.867. The summed E-state index contributed by atoms with van der Waals surface area (Å²) in [4.78, 5) is 15.6. The van der Waals surface area contributed by atoms with E-state index in [2.05, 4.69) is 22.5 Å². The lowest BCUT2D eigenvalue weighted by atomic mass is 10.1. The SMILES string of the molecule is CCCCCCCCN=C(N)NCCC(=O)NCCC.I. The first-order valence-electron chi connectivity index (χ1n) is 8.01. The summed E-state index contributed by atoms with van der Waals surface area (Å²) in [5.74, 6) is 0.505. The van der Waals surface area contributed by atoms with E-state index in [1.165, 1.54) is 32.1 Å². The number of nitrogens with two attached hydrogens (primary N) is 1. The second kappa shape index (κ2) is 17.5. The molecule has 0 aliphatic heterocycles. The number of unbranched alkanes of at least 4 members (excludes halogenated alkanes) is 5. The lowest BCUT2D eigenvalue weighted by molar-refractivity contribution is -0.120. The van der Waals surface area contributed by atoms with Crippen molar-refractivity contribution in [3.05, 3.63) is 0 Å². The molecule has 0 aromatic carbocycles. The van der Waals surface area contributed by atoms with Crippen LogP contribution >= 0.6 is 24.0 Å². The summed E-state index contributed by atoms with van der Waals surface area (Å²) in [5.41, 5.74) is 5.73. The smallest absolute Gasteiger partial charge is 0.221 e. The number of amides is 1. The van der Waals surface area contributed by atoms with Crippen LogP contribution in [0.25, 0.3) is 0 Å². The van der Waals surface area contributed by atoms with E-state index in [0.717, 1.165) is 25.9 Å². The van der Waals surface area contributed by atoms with Gasteiger partial charge in [0.1, 0.15) is 0 Å². The van der Waals surface area contributed by atoms with Gasteiger partial charge in [-0.25, -0.2) is 0 Å². The molecule has 0 unspecified atom stereocenters. The Morgan fingerprint density at radius 2 is 1.62 bits per heavy atom. The van der Waals surface area contributed by atoms with Gasteiger partial charge >= 0.3 is 0 Å². The Labute approximate surface area is 146 Å². The first-order valence-corrected chi connectivity index (χ1v) is 8.01. The molecule has 0 aromatic heterocycles. The second-order valence-corrected chi connectivity index (χ2v) is 5.06. The molecular weight excluding hydrogens is 379 g/mol. The highest BCUT2D eigenvalue weighted by Gasteiger charge is 1.99. The van der Waals surface area contributed by atoms with E-state index >= 15 is 0 Å². The summed E-state index contributed by atoms with van der Waals surface area (Å²) in [5, 5.41) is 5.79. The predicted molar refractivity (Wildman–Crippen MR) is 101 cm³/mol. The Morgan fingerprint density at radius 1 is 0.952 bits per heavy atom. The first-order chi connectivity index (χ1) is 9.70. The largest absolute Gasteiger partial charge is 0.370 e. The van der Waals surface area contributed by atoms with Gasteiger partial charge in [0.05, 0.1) is 0 Å². The number of guanidine groups is 1. The normalized spacial score (nSPS) is 10.9. The molecule has 0 fully saturated rings. The fourth-order valence-electron chi connectivity index (χ4n) is 1.80. The molecule has 4 N–H and O–H groups in total. The molecule has 0 heterocycles. The van der Waals surface area contributed by atoms with Gasteiger partial charge in [-0.05, 0) is 12.8 Å². The van der Waals surface area contributed by atoms with E-state index in [9.17, 15) is 4.79 Å². The Kier molecular flexibility index (Phi) is 19.0. The maximum absolute atomic E-state index is 11.3. The van der Waals surface area contributed by atoms with Crippen molar-refractivity contribution in [1.82, 2.24) is 10.6 Å². The van der Waals surface area contributed by atoms with Gasteiger partial charge in [-0.2, -0.15) is 0 Å². The van der Waals surface area contributed by atoms with Crippen LogP contribution in [0.5, 0.6) is 0 Å². The van der Waals surface area contributed by atoms with Crippen LogP contribution in [-0.4, -0.2) is 31.5 Å². The van der Waals surface area contributed by atoms with Gasteiger partial charge in [0, 0.05) is 26.1 Å². The van der Waals surface area contributed by atoms with Crippen molar-refractivity contribution in [2.45, 2.75) is 65.2 Å². The van der Waals surface area contributed by atoms with Gasteiger partial charge in [-0.15, -0.1) is 24.0 Å². The number of halogens is 1. The van der Waals surface area contributed by atoms with Crippen molar-refractivity contribution < 1.29 is 4.79 Å². The Hall–Kier alpha value is -0.530. The van der Waals surface area contributed by atoms with Crippen LogP contribution in [0, 0.1) is 0 Å². The van der Waals surface area contributed by atoms with Crippen LogP contribution in [-0.2, 0) is 4.79 Å². The molecule has 0 saturated carbocycles. The molecule has 21 heavy (non-hydrogen) atoms. The molecule has 0 aliphatic rings. The van der Waals surface area contributed by atoms with Gasteiger partial charge in [-0.3, -0.25) is 9.79 Å². The van der Waals surface area contributed by atoms with Crippen molar-refractivity contribution >= 4 is 35.8 Å². The molecule has 0 aliphatic carbocycles. The van der Waals surface area contributed by atoms with Crippen molar-refractivity contribution in [3.8, 4) is 0 Å². The lowest BCUT2D eigenvalue weighted by Crippen LogP contribution is -2.35. The molecule has 1 amide bonds. The Balaban J connectivity index is 0. The van der Waals surface area contributed by atoms with Crippen LogP contribution in [0.1, 0.15) is 65.2 Å². The molecule has 6 heteroatoms. The van der Waals surface area contributed by atoms with Crippen LogP contribution in [0.15, 0.2) is 4.99 Å². The highest BCUT2D eigenvalue weighted by atomic mass is 127. The molecule has 0 saturated heterocycles. The van der Waals surface area contributed by atoms with Crippen LogP contribution < -0.4 is 16.4 Å². The van der Waals surface area contributed by atoms with E-state index in [4.69, 9.17) is 5.73 Å². The summed E-state index contributed by atoms with van der Waals surface area (Å²) in [6.07, 6.45) is 8.91. The van der Waals surface area contributed by atoms with Crippen molar-refractivity contribution in [1.29, 1.82) is 0 Å². The highest BCUT2D eigenvalue weighted by molar-refractivity contribution is 14.0. The van der Waals surface area contributed by atoms with Gasteiger partial charge < -0.3 is 16.4 Å². The molecule has 0 bridgehead atoms. The number of carbonyl (C=O) groups excluding carboxylic acids is 1. The van der Waals surface area contributed by atoms with Crippen molar-refractivity contribution in [2.75, 3.05) is 19.6 Å². The van der Waals surface area contributed by atoms with E-state index in [1.54, 1.807) is 0 Å². The van der Waals surface area contributed by atoms with Crippen LogP contribution in [0.2, 0.25) is 0 Å². The standard InChI is InChI=1S/C15H32N4O.HI/c1-3-5-6-7-8-9-12-18-15(16)19-13-10-14(20)17-11-4-2;/h3-13H2,1-2H3,(H,17,20)(H3,16,18,19);1H. The number of rotatable bonds is 12. The van der Waals surface area contributed by atoms with Gasteiger partial charge in [0.15, 0.2) is 5.96 Å². The summed E-state index contributed by atoms with van der Waals surface area (Å²) in [6, 6.07) is 0. The number of hydrogen-bond acceptors (Lipinski definition) is 2. The van der Waals surface area contributed by atoms with Gasteiger partial charge in [0.2, 0.25) is 5.91 Å². The summed E-state index contributed by atoms with van der Waals surface area (Å²) >= 11 is 0. The van der Waals surface area contributed by atoms with Gasteiger partial charge in [-0.1, -0.05) is 46.0 Å². The summed E-state index contributed by atoms with van der Waals surface area (Å²) in [7, 11) is 0. The topological polar surface area (TPSA) is 79.5 Å². The molecular formula is C15H33IN4O. The summed E-state index contributed by atoms with van der Waals surface area (Å²) in [6.45, 7) is 6.30. The number of carbonyl (C=O) groups is 1. The number of nitrogens with zero attached hydrogens (tertiary/aromatic N) is 1. The minimum atomic E-state index is 0. The Bertz CT molecular complexity index is 272. The monoisotopic (exact) mass is 412 g/mol. The number of nitrogens with one attached hydrogen (secondary N) is 2. The van der Waals surface area contributed by atoms with E-state index in [-0.39, 0.29) is 29.9 Å². The molecule has 0 spiro atoms. The van der Waals surface area contributed by atoms with Crippen molar-refractivity contribution in [2.24, 2.45) is 10.7 Å². The number of aliphatic imine (C=N–C) groups is 1. The quantitative estimate of drug-likeness (QED) is 0.200. The molecule has 5 nitrogen and oxygen atoms in total. The van der Waals surface area contributed by atoms with E-state index < -0.39 is 0 Å². The molecule has 0 aromatic rings. The van der Waals surface area contributed by atoms with E-state index in [1.807, 2.05) is 6.92 Å². The molecule has 0 radical (unpaired) electrons. The molecule has 126 valence electrons. The molecule has 0 atom stereocenters. The third-order valence-electron chi connectivity index (χ3n) is 3.02. The third-order valence-corrected chi connectivity index (χ3v) is 3.02. The summed E-state index contributed by atoms with van der Waals surface area (Å²) < 4.78 is 0. The maximum Gasteiger partial charge on any atom is 0.221 e. The highest BCUT2D eigenvalue weighted by Crippen LogP contribution is 2.04. The first kappa shape index (κ1) is 22.7. The Morgan fingerprint density at radius 3 is 2.29 bits per heavy atom. The zero-order chi connectivity index (χ0) is 15.1. The average Bonchev–Trinajstić information content (AvgIpc) is 2.44. The van der Waals surface area contributed by atoms with E-state index in [0.29, 0.717) is 18.9 Å².